The Hall–Kier alpha value is -0.870. The van der Waals surface area contributed by atoms with Gasteiger partial charge in [0.25, 0.3) is 0 Å². The molecule has 1 heterocycles. The van der Waals surface area contributed by atoms with Gasteiger partial charge >= 0.3 is 0 Å². The zero-order valence-electron chi connectivity index (χ0n) is 11.3. The van der Waals surface area contributed by atoms with Crippen LogP contribution >= 0.6 is 11.3 Å². The smallest absolute Gasteiger partial charge is 0.239 e. The molecule has 4 heteroatoms. The first-order valence-corrected chi connectivity index (χ1v) is 7.32. The van der Waals surface area contributed by atoms with Crippen molar-refractivity contribution in [3.8, 4) is 0 Å². The first kappa shape index (κ1) is 13.6. The molecule has 3 N–H and O–H groups in total. The highest BCUT2D eigenvalue weighted by Crippen LogP contribution is 2.33. The average Bonchev–Trinajstić information content (AvgIpc) is 2.92. The molecule has 0 saturated heterocycles. The van der Waals surface area contributed by atoms with Crippen LogP contribution in [0.1, 0.15) is 49.4 Å². The second-order valence-electron chi connectivity index (χ2n) is 6.14. The monoisotopic (exact) mass is 266 g/mol. The number of amides is 1. The zero-order chi connectivity index (χ0) is 13.3. The molecule has 1 aliphatic rings. The Morgan fingerprint density at radius 3 is 2.61 bits per heavy atom. The van der Waals surface area contributed by atoms with Gasteiger partial charge in [0.2, 0.25) is 5.91 Å². The van der Waals surface area contributed by atoms with Gasteiger partial charge in [0.1, 0.15) is 6.04 Å². The maximum atomic E-state index is 11.6. The Morgan fingerprint density at radius 2 is 2.17 bits per heavy atom. The van der Waals surface area contributed by atoms with Gasteiger partial charge in [0, 0.05) is 9.75 Å². The third-order valence-corrected chi connectivity index (χ3v) is 4.82. The maximum Gasteiger partial charge on any atom is 0.239 e. The molecule has 1 saturated carbocycles. The summed E-state index contributed by atoms with van der Waals surface area (Å²) in [6.45, 7) is 7.44. The van der Waals surface area contributed by atoms with E-state index < -0.39 is 0 Å². The molecule has 0 bridgehead atoms. The number of nitrogens with two attached hydrogens (primary N) is 1. The second-order valence-corrected chi connectivity index (χ2v) is 7.25. The summed E-state index contributed by atoms with van der Waals surface area (Å²) in [6.07, 6.45) is 2.55. The van der Waals surface area contributed by atoms with Gasteiger partial charge in [-0.15, -0.1) is 11.3 Å². The minimum absolute atomic E-state index is 0.127. The lowest BCUT2D eigenvalue weighted by Crippen LogP contribution is -2.34. The molecule has 1 aromatic heterocycles. The zero-order valence-corrected chi connectivity index (χ0v) is 12.1. The van der Waals surface area contributed by atoms with Crippen molar-refractivity contribution in [3.05, 3.63) is 21.9 Å². The van der Waals surface area contributed by atoms with Gasteiger partial charge in [0.15, 0.2) is 0 Å². The summed E-state index contributed by atoms with van der Waals surface area (Å²) in [4.78, 5) is 13.9. The van der Waals surface area contributed by atoms with Crippen LogP contribution in [0.4, 0.5) is 0 Å². The normalized spacial score (nSPS) is 17.7. The van der Waals surface area contributed by atoms with Crippen molar-refractivity contribution in [2.24, 2.45) is 11.7 Å². The lowest BCUT2D eigenvalue weighted by atomic mass is 9.95. The molecule has 2 rings (SSSR count). The highest BCUT2D eigenvalue weighted by Gasteiger charge is 2.26. The van der Waals surface area contributed by atoms with E-state index >= 15 is 0 Å². The average molecular weight is 266 g/mol. The minimum Gasteiger partial charge on any atom is -0.368 e. The van der Waals surface area contributed by atoms with Crippen LogP contribution in [0.25, 0.3) is 0 Å². The minimum atomic E-state index is -0.327. The number of thiophene rings is 1. The van der Waals surface area contributed by atoms with Crippen molar-refractivity contribution in [3.63, 3.8) is 0 Å². The Balaban J connectivity index is 2.09. The molecule has 0 aromatic carbocycles. The topological polar surface area (TPSA) is 55.1 Å². The standard InChI is InChI=1S/C14H22N2OS/c1-14(2,3)11-7-6-10(18-11)12(13(15)17)16-8-9-4-5-9/h6-7,9,12,16H,4-5,8H2,1-3H3,(H2,15,17). The summed E-state index contributed by atoms with van der Waals surface area (Å²) in [5, 5.41) is 3.30. The van der Waals surface area contributed by atoms with Crippen LogP contribution in [0.3, 0.4) is 0 Å². The number of carbonyl (C=O) groups is 1. The van der Waals surface area contributed by atoms with Crippen LogP contribution in [0.2, 0.25) is 0 Å². The lowest BCUT2D eigenvalue weighted by molar-refractivity contribution is -0.120. The van der Waals surface area contributed by atoms with Gasteiger partial charge in [0.05, 0.1) is 0 Å². The Morgan fingerprint density at radius 1 is 1.50 bits per heavy atom. The fourth-order valence-electron chi connectivity index (χ4n) is 1.86. The summed E-state index contributed by atoms with van der Waals surface area (Å²) in [7, 11) is 0. The molecule has 1 atom stereocenters. The number of nitrogens with one attached hydrogen (secondary N) is 1. The summed E-state index contributed by atoms with van der Waals surface area (Å²) >= 11 is 1.68. The number of carbonyl (C=O) groups excluding carboxylic acids is 1. The highest BCUT2D eigenvalue weighted by molar-refractivity contribution is 7.12. The van der Waals surface area contributed by atoms with Crippen LogP contribution in [-0.4, -0.2) is 12.5 Å². The van der Waals surface area contributed by atoms with Gasteiger partial charge in [-0.1, -0.05) is 20.8 Å². The molecule has 100 valence electrons. The van der Waals surface area contributed by atoms with Gasteiger partial charge in [-0.05, 0) is 42.9 Å². The number of hydrogen-bond acceptors (Lipinski definition) is 3. The Labute approximate surface area is 113 Å². The Kier molecular flexibility index (Phi) is 3.78. The molecule has 1 aliphatic carbocycles. The van der Waals surface area contributed by atoms with Crippen molar-refractivity contribution >= 4 is 17.2 Å². The van der Waals surface area contributed by atoms with Crippen molar-refractivity contribution in [1.29, 1.82) is 0 Å². The Bertz CT molecular complexity index is 429. The third-order valence-electron chi connectivity index (χ3n) is 3.24. The van der Waals surface area contributed by atoms with E-state index in [2.05, 4.69) is 32.2 Å². The molecule has 0 radical (unpaired) electrons. The molecule has 1 aromatic rings. The van der Waals surface area contributed by atoms with E-state index in [1.165, 1.54) is 17.7 Å². The molecule has 3 nitrogen and oxygen atoms in total. The molecule has 1 unspecified atom stereocenters. The molecule has 1 fully saturated rings. The van der Waals surface area contributed by atoms with E-state index in [-0.39, 0.29) is 17.4 Å². The van der Waals surface area contributed by atoms with Gasteiger partial charge < -0.3 is 11.1 Å². The largest absolute Gasteiger partial charge is 0.368 e. The predicted octanol–water partition coefficient (Wildman–Crippen LogP) is 2.57. The summed E-state index contributed by atoms with van der Waals surface area (Å²) in [5.41, 5.74) is 5.63. The van der Waals surface area contributed by atoms with Gasteiger partial charge in [-0.2, -0.15) is 0 Å². The van der Waals surface area contributed by atoms with Crippen molar-refractivity contribution in [1.82, 2.24) is 5.32 Å². The van der Waals surface area contributed by atoms with E-state index in [0.717, 1.165) is 17.3 Å². The first-order valence-electron chi connectivity index (χ1n) is 6.51. The second kappa shape index (κ2) is 5.02. The third kappa shape index (κ3) is 3.33. The van der Waals surface area contributed by atoms with Gasteiger partial charge in [-0.25, -0.2) is 0 Å². The van der Waals surface area contributed by atoms with E-state index in [9.17, 15) is 4.79 Å². The molecular weight excluding hydrogens is 244 g/mol. The van der Waals surface area contributed by atoms with Crippen LogP contribution < -0.4 is 11.1 Å². The van der Waals surface area contributed by atoms with Crippen LogP contribution in [-0.2, 0) is 10.2 Å². The summed E-state index contributed by atoms with van der Waals surface area (Å²) in [6, 6.07) is 3.81. The fraction of sp³-hybridized carbons (Fsp3) is 0.643. The van der Waals surface area contributed by atoms with E-state index in [1.54, 1.807) is 11.3 Å². The fourth-order valence-corrected chi connectivity index (χ4v) is 3.01. The summed E-state index contributed by atoms with van der Waals surface area (Å²) in [5.74, 6) is 0.465. The maximum absolute atomic E-state index is 11.6. The lowest BCUT2D eigenvalue weighted by Gasteiger charge is -2.16. The van der Waals surface area contributed by atoms with Crippen LogP contribution in [0.5, 0.6) is 0 Å². The molecule has 1 amide bonds. The molecule has 0 aliphatic heterocycles. The predicted molar refractivity (Wildman–Crippen MR) is 75.7 cm³/mol. The molecule has 0 spiro atoms. The molecule has 18 heavy (non-hydrogen) atoms. The van der Waals surface area contributed by atoms with E-state index in [0.29, 0.717) is 0 Å². The van der Waals surface area contributed by atoms with Crippen molar-refractivity contribution < 1.29 is 4.79 Å². The van der Waals surface area contributed by atoms with Gasteiger partial charge in [-0.3, -0.25) is 4.79 Å². The summed E-state index contributed by atoms with van der Waals surface area (Å²) < 4.78 is 0. The molecular formula is C14H22N2OS. The van der Waals surface area contributed by atoms with E-state index in [1.807, 2.05) is 6.07 Å². The quantitative estimate of drug-likeness (QED) is 0.860. The van der Waals surface area contributed by atoms with Crippen LogP contribution in [0, 0.1) is 5.92 Å². The number of hydrogen-bond donors (Lipinski definition) is 2. The highest BCUT2D eigenvalue weighted by atomic mass is 32.1. The van der Waals surface area contributed by atoms with Crippen LogP contribution in [0.15, 0.2) is 12.1 Å². The first-order chi connectivity index (χ1) is 8.38. The SMILES string of the molecule is CC(C)(C)c1ccc(C(NCC2CC2)C(N)=O)s1. The van der Waals surface area contributed by atoms with Crippen molar-refractivity contribution in [2.45, 2.75) is 45.1 Å². The number of primary amides is 1. The van der Waals surface area contributed by atoms with Crippen molar-refractivity contribution in [2.75, 3.05) is 6.54 Å². The van der Waals surface area contributed by atoms with E-state index in [4.69, 9.17) is 5.73 Å². The number of rotatable bonds is 5.